The number of thioether (sulfide) groups is 1. The summed E-state index contributed by atoms with van der Waals surface area (Å²) >= 11 is 2.03. The Morgan fingerprint density at radius 2 is 2.19 bits per heavy atom. The van der Waals surface area contributed by atoms with Gasteiger partial charge in [0.2, 0.25) is 0 Å². The Kier molecular flexibility index (Phi) is 4.44. The first-order valence-electron chi connectivity index (χ1n) is 9.94. The summed E-state index contributed by atoms with van der Waals surface area (Å²) in [6.45, 7) is 5.58. The lowest BCUT2D eigenvalue weighted by molar-refractivity contribution is 0.403. The summed E-state index contributed by atoms with van der Waals surface area (Å²) in [7, 11) is 1.72. The highest BCUT2D eigenvalue weighted by molar-refractivity contribution is 7.99. The molecule has 1 fully saturated rings. The SMILES string of the molecule is COc1ccc(Nc2cc3c4c(c2)[C@@H]2CNCC[C@@H]2N4CCCS3)c(C)c1. The van der Waals surface area contributed by atoms with Crippen LogP contribution in [-0.2, 0) is 0 Å². The summed E-state index contributed by atoms with van der Waals surface area (Å²) in [4.78, 5) is 4.17. The van der Waals surface area contributed by atoms with Crippen molar-refractivity contribution in [3.63, 3.8) is 0 Å². The quantitative estimate of drug-likeness (QED) is 0.818. The third-order valence-electron chi connectivity index (χ3n) is 6.15. The van der Waals surface area contributed by atoms with Crippen LogP contribution in [0.4, 0.5) is 17.1 Å². The summed E-state index contributed by atoms with van der Waals surface area (Å²) in [6, 6.07) is 11.7. The highest BCUT2D eigenvalue weighted by Gasteiger charge is 2.41. The van der Waals surface area contributed by atoms with Gasteiger partial charge in [-0.2, -0.15) is 0 Å². The Bertz CT molecular complexity index is 869. The van der Waals surface area contributed by atoms with E-state index in [0.717, 1.165) is 24.5 Å². The zero-order chi connectivity index (χ0) is 18.4. The van der Waals surface area contributed by atoms with Crippen LogP contribution in [-0.4, -0.2) is 38.5 Å². The van der Waals surface area contributed by atoms with Crippen molar-refractivity contribution in [2.24, 2.45) is 0 Å². The van der Waals surface area contributed by atoms with Crippen LogP contribution in [0.15, 0.2) is 35.2 Å². The highest BCUT2D eigenvalue weighted by Crippen LogP contribution is 2.51. The average molecular weight is 382 g/mol. The molecule has 1 saturated heterocycles. The number of anilines is 3. The molecule has 0 spiro atoms. The normalized spacial score (nSPS) is 23.4. The molecule has 27 heavy (non-hydrogen) atoms. The van der Waals surface area contributed by atoms with Crippen molar-refractivity contribution >= 4 is 28.8 Å². The van der Waals surface area contributed by atoms with Crippen LogP contribution in [0, 0.1) is 6.92 Å². The second kappa shape index (κ2) is 6.95. The van der Waals surface area contributed by atoms with Gasteiger partial charge < -0.3 is 20.3 Å². The molecule has 142 valence electrons. The minimum absolute atomic E-state index is 0.616. The molecule has 0 aromatic heterocycles. The molecule has 3 aliphatic rings. The minimum atomic E-state index is 0.616. The zero-order valence-electron chi connectivity index (χ0n) is 16.0. The Balaban J connectivity index is 1.54. The van der Waals surface area contributed by atoms with Crippen LogP contribution in [0.25, 0.3) is 0 Å². The number of benzene rings is 2. The molecule has 0 amide bonds. The fourth-order valence-electron chi connectivity index (χ4n) is 4.86. The highest BCUT2D eigenvalue weighted by atomic mass is 32.2. The van der Waals surface area contributed by atoms with Gasteiger partial charge >= 0.3 is 0 Å². The maximum atomic E-state index is 5.35. The van der Waals surface area contributed by atoms with Gasteiger partial charge in [-0.15, -0.1) is 11.8 Å². The third kappa shape index (κ3) is 2.97. The Labute approximate surface area is 165 Å². The van der Waals surface area contributed by atoms with Gasteiger partial charge in [-0.05, 0) is 73.5 Å². The van der Waals surface area contributed by atoms with Crippen molar-refractivity contribution < 1.29 is 4.74 Å². The van der Waals surface area contributed by atoms with Crippen LogP contribution in [0.5, 0.6) is 5.75 Å². The molecule has 2 aromatic rings. The molecule has 2 atom stereocenters. The van der Waals surface area contributed by atoms with E-state index in [1.54, 1.807) is 7.11 Å². The lowest BCUT2D eigenvalue weighted by Gasteiger charge is -2.33. The molecule has 2 N–H and O–H groups in total. The molecular formula is C22H27N3OS. The summed E-state index contributed by atoms with van der Waals surface area (Å²) in [5.74, 6) is 2.73. The van der Waals surface area contributed by atoms with Gasteiger partial charge in [0.05, 0.1) is 12.8 Å². The van der Waals surface area contributed by atoms with Gasteiger partial charge in [0.15, 0.2) is 0 Å². The average Bonchev–Trinajstić information content (AvgIpc) is 2.85. The standard InChI is InChI=1S/C22H27N3OS/c1-14-10-16(26-2)4-5-19(14)24-15-11-17-18-13-23-7-6-20(18)25-8-3-9-27-21(12-15)22(17)25/h4-5,10-12,18,20,23-24H,3,6-9,13H2,1-2H3/t18-,20-/m0/s1. The van der Waals surface area contributed by atoms with Crippen molar-refractivity contribution in [2.75, 3.05) is 42.7 Å². The molecule has 0 bridgehead atoms. The maximum Gasteiger partial charge on any atom is 0.119 e. The molecule has 0 unspecified atom stereocenters. The fourth-order valence-corrected chi connectivity index (χ4v) is 5.93. The molecule has 4 nitrogen and oxygen atoms in total. The van der Waals surface area contributed by atoms with Crippen LogP contribution < -0.4 is 20.3 Å². The smallest absolute Gasteiger partial charge is 0.119 e. The Hall–Kier alpha value is -1.85. The van der Waals surface area contributed by atoms with E-state index in [2.05, 4.69) is 46.7 Å². The number of hydrogen-bond acceptors (Lipinski definition) is 5. The van der Waals surface area contributed by atoms with Gasteiger partial charge in [-0.3, -0.25) is 0 Å². The summed E-state index contributed by atoms with van der Waals surface area (Å²) < 4.78 is 5.35. The molecule has 5 heteroatoms. The summed E-state index contributed by atoms with van der Waals surface area (Å²) in [5.41, 5.74) is 6.61. The first kappa shape index (κ1) is 17.3. The number of hydrogen-bond donors (Lipinski definition) is 2. The largest absolute Gasteiger partial charge is 0.497 e. The zero-order valence-corrected chi connectivity index (χ0v) is 16.9. The van der Waals surface area contributed by atoms with E-state index in [-0.39, 0.29) is 0 Å². The number of piperidine rings is 1. The molecule has 0 radical (unpaired) electrons. The van der Waals surface area contributed by atoms with E-state index in [4.69, 9.17) is 4.74 Å². The second-order valence-corrected chi connectivity index (χ2v) is 8.92. The topological polar surface area (TPSA) is 36.5 Å². The van der Waals surface area contributed by atoms with Crippen molar-refractivity contribution in [1.82, 2.24) is 5.32 Å². The van der Waals surface area contributed by atoms with Crippen LogP contribution in [0.2, 0.25) is 0 Å². The molecule has 0 aliphatic carbocycles. The van der Waals surface area contributed by atoms with Gasteiger partial charge in [-0.1, -0.05) is 0 Å². The first-order chi connectivity index (χ1) is 13.2. The number of ether oxygens (including phenoxy) is 1. The van der Waals surface area contributed by atoms with Crippen molar-refractivity contribution in [3.05, 3.63) is 41.5 Å². The van der Waals surface area contributed by atoms with E-state index < -0.39 is 0 Å². The van der Waals surface area contributed by atoms with Gasteiger partial charge in [-0.25, -0.2) is 0 Å². The van der Waals surface area contributed by atoms with Gasteiger partial charge in [0, 0.05) is 41.3 Å². The van der Waals surface area contributed by atoms with Crippen molar-refractivity contribution in [2.45, 2.75) is 36.6 Å². The summed E-state index contributed by atoms with van der Waals surface area (Å²) in [6.07, 6.45) is 2.53. The molecule has 3 heterocycles. The first-order valence-corrected chi connectivity index (χ1v) is 10.9. The number of nitrogens with zero attached hydrogens (tertiary/aromatic N) is 1. The predicted octanol–water partition coefficient (Wildman–Crippen LogP) is 4.51. The third-order valence-corrected chi connectivity index (χ3v) is 7.27. The molecule has 5 rings (SSSR count). The Morgan fingerprint density at radius 1 is 1.26 bits per heavy atom. The minimum Gasteiger partial charge on any atom is -0.497 e. The van der Waals surface area contributed by atoms with E-state index in [1.165, 1.54) is 52.5 Å². The van der Waals surface area contributed by atoms with Crippen LogP contribution in [0.1, 0.15) is 29.9 Å². The van der Waals surface area contributed by atoms with E-state index in [1.807, 2.05) is 17.8 Å². The lowest BCUT2D eigenvalue weighted by Crippen LogP contribution is -2.44. The van der Waals surface area contributed by atoms with Gasteiger partial charge in [0.25, 0.3) is 0 Å². The Morgan fingerprint density at radius 3 is 3.04 bits per heavy atom. The maximum absolute atomic E-state index is 5.35. The van der Waals surface area contributed by atoms with E-state index in [9.17, 15) is 0 Å². The summed E-state index contributed by atoms with van der Waals surface area (Å²) in [5, 5.41) is 7.30. The number of nitrogens with one attached hydrogen (secondary N) is 2. The monoisotopic (exact) mass is 381 g/mol. The number of fused-ring (bicyclic) bond motifs is 3. The number of rotatable bonds is 3. The van der Waals surface area contributed by atoms with E-state index >= 15 is 0 Å². The fraction of sp³-hybridized carbons (Fsp3) is 0.455. The van der Waals surface area contributed by atoms with Crippen molar-refractivity contribution in [3.8, 4) is 5.75 Å². The predicted molar refractivity (Wildman–Crippen MR) is 114 cm³/mol. The molecule has 0 saturated carbocycles. The number of methoxy groups -OCH3 is 1. The molecule has 2 aromatic carbocycles. The second-order valence-electron chi connectivity index (χ2n) is 7.78. The van der Waals surface area contributed by atoms with Crippen LogP contribution >= 0.6 is 11.8 Å². The van der Waals surface area contributed by atoms with Crippen LogP contribution in [0.3, 0.4) is 0 Å². The number of aryl methyl sites for hydroxylation is 1. The van der Waals surface area contributed by atoms with Gasteiger partial charge in [0.1, 0.15) is 5.75 Å². The molecular weight excluding hydrogens is 354 g/mol. The lowest BCUT2D eigenvalue weighted by atomic mass is 9.90. The van der Waals surface area contributed by atoms with E-state index in [0.29, 0.717) is 12.0 Å². The van der Waals surface area contributed by atoms with Crippen molar-refractivity contribution in [1.29, 1.82) is 0 Å². The molecule has 3 aliphatic heterocycles.